The van der Waals surface area contributed by atoms with Crippen molar-refractivity contribution in [1.82, 2.24) is 4.72 Å². The fourth-order valence-corrected chi connectivity index (χ4v) is 2.92. The van der Waals surface area contributed by atoms with Crippen LogP contribution in [0.25, 0.3) is 10.4 Å². The molecule has 0 fully saturated rings. The number of nitrogens with one attached hydrogen (secondary N) is 1. The first kappa shape index (κ1) is 16.9. The Balaban J connectivity index is 3.04. The van der Waals surface area contributed by atoms with Gasteiger partial charge in [0.25, 0.3) is 5.69 Å². The summed E-state index contributed by atoms with van der Waals surface area (Å²) in [5.41, 5.74) is 8.94. The number of aryl methyl sites for hydroxylation is 2. The Bertz CT molecular complexity index is 695. The monoisotopic (exact) mass is 313 g/mol. The van der Waals surface area contributed by atoms with Crippen molar-refractivity contribution >= 4 is 15.7 Å². The van der Waals surface area contributed by atoms with Crippen molar-refractivity contribution in [3.8, 4) is 0 Å². The second-order valence-electron chi connectivity index (χ2n) is 4.37. The van der Waals surface area contributed by atoms with E-state index in [2.05, 4.69) is 14.7 Å². The Morgan fingerprint density at radius 1 is 1.38 bits per heavy atom. The SMILES string of the molecule is Cc1cc([N+](=O)[O-])c(S(=O)(=O)NCCCN=[N+]=[N-])cc1C. The molecule has 1 N–H and O–H groups in total. The lowest BCUT2D eigenvalue weighted by atomic mass is 10.1. The van der Waals surface area contributed by atoms with Crippen LogP contribution in [0, 0.1) is 24.0 Å². The second-order valence-corrected chi connectivity index (χ2v) is 6.10. The molecule has 9 nitrogen and oxygen atoms in total. The van der Waals surface area contributed by atoms with Crippen LogP contribution in [0.2, 0.25) is 0 Å². The molecular formula is C11H15N5O4S. The average Bonchev–Trinajstić information content (AvgIpc) is 2.40. The summed E-state index contributed by atoms with van der Waals surface area (Å²) in [4.78, 5) is 12.5. The lowest BCUT2D eigenvalue weighted by Crippen LogP contribution is -2.26. The van der Waals surface area contributed by atoms with Gasteiger partial charge >= 0.3 is 0 Å². The number of nitro benzene ring substituents is 1. The molecule has 0 radical (unpaired) electrons. The first-order valence-corrected chi connectivity index (χ1v) is 7.54. The van der Waals surface area contributed by atoms with Crippen LogP contribution in [0.5, 0.6) is 0 Å². The normalized spacial score (nSPS) is 11.0. The zero-order chi connectivity index (χ0) is 16.0. The largest absolute Gasteiger partial charge is 0.289 e. The highest BCUT2D eigenvalue weighted by molar-refractivity contribution is 7.89. The Morgan fingerprint density at radius 2 is 2.00 bits per heavy atom. The van der Waals surface area contributed by atoms with Gasteiger partial charge in [0.05, 0.1) is 4.92 Å². The van der Waals surface area contributed by atoms with E-state index in [1.54, 1.807) is 13.8 Å². The van der Waals surface area contributed by atoms with Crippen LogP contribution in [0.3, 0.4) is 0 Å². The van der Waals surface area contributed by atoms with Crippen molar-refractivity contribution in [2.24, 2.45) is 5.11 Å². The van der Waals surface area contributed by atoms with E-state index in [-0.39, 0.29) is 18.0 Å². The molecule has 0 aliphatic carbocycles. The fraction of sp³-hybridized carbons (Fsp3) is 0.455. The van der Waals surface area contributed by atoms with Crippen molar-refractivity contribution in [2.45, 2.75) is 25.2 Å². The topological polar surface area (TPSA) is 138 Å². The minimum Gasteiger partial charge on any atom is -0.258 e. The Kier molecular flexibility index (Phi) is 5.65. The maximum absolute atomic E-state index is 12.1. The van der Waals surface area contributed by atoms with E-state index in [0.717, 1.165) is 0 Å². The number of benzene rings is 1. The standard InChI is InChI=1S/C11H15N5O4S/c1-8-6-10(16(17)18)11(7-9(8)2)21(19,20)14-5-3-4-13-15-12/h6-7,14H,3-5H2,1-2H3. The highest BCUT2D eigenvalue weighted by Gasteiger charge is 2.26. The molecular weight excluding hydrogens is 298 g/mol. The van der Waals surface area contributed by atoms with E-state index < -0.39 is 20.6 Å². The third-order valence-electron chi connectivity index (χ3n) is 2.85. The third-order valence-corrected chi connectivity index (χ3v) is 4.34. The highest BCUT2D eigenvalue weighted by atomic mass is 32.2. The maximum Gasteiger partial charge on any atom is 0.289 e. The van der Waals surface area contributed by atoms with Crippen molar-refractivity contribution in [3.05, 3.63) is 43.8 Å². The van der Waals surface area contributed by atoms with E-state index in [4.69, 9.17) is 5.53 Å². The lowest BCUT2D eigenvalue weighted by molar-refractivity contribution is -0.387. The molecule has 1 aromatic carbocycles. The molecule has 0 aliphatic rings. The summed E-state index contributed by atoms with van der Waals surface area (Å²) in [6.07, 6.45) is 0.307. The van der Waals surface area contributed by atoms with Crippen molar-refractivity contribution in [2.75, 3.05) is 13.1 Å². The highest BCUT2D eigenvalue weighted by Crippen LogP contribution is 2.27. The van der Waals surface area contributed by atoms with Gasteiger partial charge in [-0.3, -0.25) is 10.1 Å². The summed E-state index contributed by atoms with van der Waals surface area (Å²) in [6.45, 7) is 3.53. The number of azide groups is 1. The quantitative estimate of drug-likeness (QED) is 0.206. The molecule has 21 heavy (non-hydrogen) atoms. The minimum absolute atomic E-state index is 0.0332. The lowest BCUT2D eigenvalue weighted by Gasteiger charge is -2.09. The van der Waals surface area contributed by atoms with Gasteiger partial charge in [0.15, 0.2) is 4.90 Å². The van der Waals surface area contributed by atoms with Gasteiger partial charge in [0.2, 0.25) is 10.0 Å². The Morgan fingerprint density at radius 3 is 2.57 bits per heavy atom. The summed E-state index contributed by atoms with van der Waals surface area (Å²) < 4.78 is 26.5. The van der Waals surface area contributed by atoms with E-state index in [9.17, 15) is 18.5 Å². The van der Waals surface area contributed by atoms with Crippen LogP contribution in [0.1, 0.15) is 17.5 Å². The average molecular weight is 313 g/mol. The number of sulfonamides is 1. The van der Waals surface area contributed by atoms with Gasteiger partial charge in [0.1, 0.15) is 0 Å². The fourth-order valence-electron chi connectivity index (χ4n) is 1.61. The van der Waals surface area contributed by atoms with Gasteiger partial charge in [-0.2, -0.15) is 0 Å². The Hall–Kier alpha value is -2.16. The zero-order valence-corrected chi connectivity index (χ0v) is 12.4. The third kappa shape index (κ3) is 4.42. The van der Waals surface area contributed by atoms with Crippen LogP contribution in [-0.4, -0.2) is 26.4 Å². The first-order valence-electron chi connectivity index (χ1n) is 6.05. The molecule has 0 saturated heterocycles. The zero-order valence-electron chi connectivity index (χ0n) is 11.6. The number of hydrogen-bond acceptors (Lipinski definition) is 5. The predicted octanol–water partition coefficient (Wildman–Crippen LogP) is 2.19. The van der Waals surface area contributed by atoms with Gasteiger partial charge in [-0.1, -0.05) is 5.11 Å². The maximum atomic E-state index is 12.1. The molecule has 0 aliphatic heterocycles. The number of rotatable bonds is 7. The van der Waals surface area contributed by atoms with Crippen LogP contribution in [-0.2, 0) is 10.0 Å². The second kappa shape index (κ2) is 7.02. The predicted molar refractivity (Wildman–Crippen MR) is 76.4 cm³/mol. The van der Waals surface area contributed by atoms with Crippen LogP contribution in [0.4, 0.5) is 5.69 Å². The van der Waals surface area contributed by atoms with Gasteiger partial charge in [-0.15, -0.1) is 0 Å². The van der Waals surface area contributed by atoms with E-state index in [1.165, 1.54) is 12.1 Å². The molecule has 0 saturated carbocycles. The molecule has 10 heteroatoms. The molecule has 1 rings (SSSR count). The Labute approximate surface area is 121 Å². The minimum atomic E-state index is -3.99. The molecule has 0 unspecified atom stereocenters. The van der Waals surface area contributed by atoms with Gasteiger partial charge < -0.3 is 0 Å². The molecule has 0 amide bonds. The summed E-state index contributed by atoms with van der Waals surface area (Å²) >= 11 is 0. The number of hydrogen-bond donors (Lipinski definition) is 1. The number of nitro groups is 1. The summed E-state index contributed by atoms with van der Waals surface area (Å²) in [5.74, 6) is 0. The van der Waals surface area contributed by atoms with E-state index in [1.807, 2.05) is 0 Å². The van der Waals surface area contributed by atoms with Gasteiger partial charge in [-0.05, 0) is 43.0 Å². The van der Waals surface area contributed by atoms with Crippen molar-refractivity contribution in [1.29, 1.82) is 0 Å². The van der Waals surface area contributed by atoms with Crippen LogP contribution >= 0.6 is 0 Å². The van der Waals surface area contributed by atoms with Crippen molar-refractivity contribution in [3.63, 3.8) is 0 Å². The summed E-state index contributed by atoms with van der Waals surface area (Å²) in [7, 11) is -3.99. The molecule has 1 aromatic rings. The van der Waals surface area contributed by atoms with Gasteiger partial charge in [-0.25, -0.2) is 13.1 Å². The first-order chi connectivity index (χ1) is 9.79. The molecule has 0 bridgehead atoms. The molecule has 0 heterocycles. The molecule has 0 aromatic heterocycles. The van der Waals surface area contributed by atoms with Crippen LogP contribution in [0.15, 0.2) is 22.1 Å². The smallest absolute Gasteiger partial charge is 0.258 e. The molecule has 0 spiro atoms. The number of nitrogens with zero attached hydrogens (tertiary/aromatic N) is 4. The molecule has 114 valence electrons. The van der Waals surface area contributed by atoms with Crippen molar-refractivity contribution < 1.29 is 13.3 Å². The molecule has 0 atom stereocenters. The summed E-state index contributed by atoms with van der Waals surface area (Å²) in [5, 5.41) is 14.3. The van der Waals surface area contributed by atoms with Crippen LogP contribution < -0.4 is 4.72 Å². The summed E-state index contributed by atoms with van der Waals surface area (Å²) in [6, 6.07) is 2.52. The van der Waals surface area contributed by atoms with Gasteiger partial charge in [0, 0.05) is 24.1 Å². The van der Waals surface area contributed by atoms with E-state index in [0.29, 0.717) is 17.5 Å². The van der Waals surface area contributed by atoms with E-state index >= 15 is 0 Å².